The van der Waals surface area contributed by atoms with Gasteiger partial charge in [-0.1, -0.05) is 12.1 Å². The van der Waals surface area contributed by atoms with Gasteiger partial charge in [0.1, 0.15) is 11.5 Å². The van der Waals surface area contributed by atoms with Crippen molar-refractivity contribution >= 4 is 17.3 Å². The van der Waals surface area contributed by atoms with E-state index in [9.17, 15) is 4.79 Å². The summed E-state index contributed by atoms with van der Waals surface area (Å²) in [5.74, 6) is 0.975. The van der Waals surface area contributed by atoms with Crippen LogP contribution in [0, 0.1) is 0 Å². The van der Waals surface area contributed by atoms with Crippen LogP contribution in [-0.4, -0.2) is 34.1 Å². The van der Waals surface area contributed by atoms with Crippen LogP contribution in [0.5, 0.6) is 11.5 Å². The van der Waals surface area contributed by atoms with Crippen molar-refractivity contribution in [3.8, 4) is 17.2 Å². The van der Waals surface area contributed by atoms with Gasteiger partial charge in [0.15, 0.2) is 5.69 Å². The van der Waals surface area contributed by atoms with Crippen molar-refractivity contribution in [1.29, 1.82) is 0 Å². The Labute approximate surface area is 169 Å². The summed E-state index contributed by atoms with van der Waals surface area (Å²) < 4.78 is 12.5. The SMILES string of the molecule is CCc1c(C(=O)Nc2ccc(OC)c(N)c2)nnn1-c1ccc(OC(C)C)cc1. The first kappa shape index (κ1) is 20.2. The summed E-state index contributed by atoms with van der Waals surface area (Å²) in [5.41, 5.74) is 8.68. The monoisotopic (exact) mass is 395 g/mol. The first-order chi connectivity index (χ1) is 13.9. The highest BCUT2D eigenvalue weighted by Gasteiger charge is 2.20. The third-order valence-electron chi connectivity index (χ3n) is 4.25. The lowest BCUT2D eigenvalue weighted by molar-refractivity contribution is 0.102. The minimum atomic E-state index is -0.350. The Morgan fingerprint density at radius 2 is 1.93 bits per heavy atom. The maximum atomic E-state index is 12.8. The number of amides is 1. The van der Waals surface area contributed by atoms with Gasteiger partial charge in [0.25, 0.3) is 5.91 Å². The van der Waals surface area contributed by atoms with Crippen molar-refractivity contribution in [3.63, 3.8) is 0 Å². The average molecular weight is 395 g/mol. The van der Waals surface area contributed by atoms with Crippen molar-refractivity contribution in [2.45, 2.75) is 33.3 Å². The number of nitrogens with one attached hydrogen (secondary N) is 1. The lowest BCUT2D eigenvalue weighted by atomic mass is 10.2. The van der Waals surface area contributed by atoms with E-state index in [1.165, 1.54) is 7.11 Å². The fourth-order valence-electron chi connectivity index (χ4n) is 2.94. The van der Waals surface area contributed by atoms with Crippen LogP contribution in [-0.2, 0) is 6.42 Å². The van der Waals surface area contributed by atoms with Crippen LogP contribution in [0.25, 0.3) is 5.69 Å². The second-order valence-electron chi connectivity index (χ2n) is 6.72. The van der Waals surface area contributed by atoms with E-state index in [0.717, 1.165) is 11.4 Å². The predicted molar refractivity (Wildman–Crippen MR) is 112 cm³/mol. The number of nitrogens with zero attached hydrogens (tertiary/aromatic N) is 3. The third-order valence-corrected chi connectivity index (χ3v) is 4.25. The summed E-state index contributed by atoms with van der Waals surface area (Å²) in [7, 11) is 1.54. The van der Waals surface area contributed by atoms with E-state index in [-0.39, 0.29) is 17.7 Å². The van der Waals surface area contributed by atoms with Crippen LogP contribution in [0.2, 0.25) is 0 Å². The molecule has 8 nitrogen and oxygen atoms in total. The molecule has 0 bridgehead atoms. The molecule has 3 N–H and O–H groups in total. The molecule has 0 aliphatic carbocycles. The maximum Gasteiger partial charge on any atom is 0.278 e. The third kappa shape index (κ3) is 4.48. The Bertz CT molecular complexity index is 996. The number of carbonyl (C=O) groups is 1. The van der Waals surface area contributed by atoms with Gasteiger partial charge in [-0.05, 0) is 62.7 Å². The van der Waals surface area contributed by atoms with Gasteiger partial charge in [-0.3, -0.25) is 4.79 Å². The Hall–Kier alpha value is -3.55. The molecule has 0 saturated heterocycles. The number of aromatic nitrogens is 3. The zero-order chi connectivity index (χ0) is 21.0. The number of carbonyl (C=O) groups excluding carboxylic acids is 1. The molecule has 0 fully saturated rings. The standard InChI is InChI=1S/C21H25N5O3/c1-5-18-20(21(27)23-14-6-11-19(28-4)17(22)12-14)24-25-26(18)15-7-9-16(10-8-15)29-13(2)3/h6-13H,5,22H2,1-4H3,(H,23,27). The number of ether oxygens (including phenoxy) is 2. The van der Waals surface area contributed by atoms with Crippen molar-refractivity contribution in [2.24, 2.45) is 0 Å². The van der Waals surface area contributed by atoms with Gasteiger partial charge < -0.3 is 20.5 Å². The average Bonchev–Trinajstić information content (AvgIpc) is 3.12. The Kier molecular flexibility index (Phi) is 6.01. The van der Waals surface area contributed by atoms with Gasteiger partial charge in [-0.2, -0.15) is 0 Å². The summed E-state index contributed by atoms with van der Waals surface area (Å²) in [5, 5.41) is 11.1. The Balaban J connectivity index is 1.83. The lowest BCUT2D eigenvalue weighted by Gasteiger charge is -2.11. The maximum absolute atomic E-state index is 12.8. The predicted octanol–water partition coefficient (Wildman–Crippen LogP) is 3.46. The highest BCUT2D eigenvalue weighted by molar-refractivity contribution is 6.04. The van der Waals surface area contributed by atoms with Crippen molar-refractivity contribution in [3.05, 3.63) is 53.9 Å². The summed E-state index contributed by atoms with van der Waals surface area (Å²) in [6, 6.07) is 12.6. The molecule has 0 radical (unpaired) electrons. The zero-order valence-electron chi connectivity index (χ0n) is 17.0. The van der Waals surface area contributed by atoms with E-state index in [0.29, 0.717) is 29.2 Å². The minimum absolute atomic E-state index is 0.0979. The first-order valence-corrected chi connectivity index (χ1v) is 9.39. The highest BCUT2D eigenvalue weighted by Crippen LogP contribution is 2.25. The van der Waals surface area contributed by atoms with E-state index in [1.54, 1.807) is 22.9 Å². The molecule has 0 spiro atoms. The van der Waals surface area contributed by atoms with Crippen LogP contribution < -0.4 is 20.5 Å². The number of nitrogens with two attached hydrogens (primary N) is 1. The van der Waals surface area contributed by atoms with Gasteiger partial charge in [0, 0.05) is 5.69 Å². The number of rotatable bonds is 7. The van der Waals surface area contributed by atoms with Crippen LogP contribution >= 0.6 is 0 Å². The van der Waals surface area contributed by atoms with Gasteiger partial charge in [-0.25, -0.2) is 4.68 Å². The smallest absolute Gasteiger partial charge is 0.278 e. The van der Waals surface area contributed by atoms with E-state index in [1.807, 2.05) is 45.0 Å². The van der Waals surface area contributed by atoms with Gasteiger partial charge in [0.05, 0.1) is 30.3 Å². The van der Waals surface area contributed by atoms with Crippen LogP contribution in [0.1, 0.15) is 37.0 Å². The molecule has 1 heterocycles. The molecule has 0 aliphatic heterocycles. The zero-order valence-corrected chi connectivity index (χ0v) is 17.0. The Morgan fingerprint density at radius 1 is 1.21 bits per heavy atom. The first-order valence-electron chi connectivity index (χ1n) is 9.39. The highest BCUT2D eigenvalue weighted by atomic mass is 16.5. The molecule has 29 heavy (non-hydrogen) atoms. The molecule has 3 aromatic rings. The van der Waals surface area contributed by atoms with Gasteiger partial charge in [0.2, 0.25) is 0 Å². The molecule has 1 amide bonds. The van der Waals surface area contributed by atoms with Crippen molar-refractivity contribution in [2.75, 3.05) is 18.2 Å². The molecule has 0 unspecified atom stereocenters. The second kappa shape index (κ2) is 8.64. The largest absolute Gasteiger partial charge is 0.495 e. The number of hydrogen-bond donors (Lipinski definition) is 2. The van der Waals surface area contributed by atoms with Gasteiger partial charge in [-0.15, -0.1) is 5.10 Å². The molecule has 8 heteroatoms. The minimum Gasteiger partial charge on any atom is -0.495 e. The summed E-state index contributed by atoms with van der Waals surface area (Å²) in [4.78, 5) is 12.8. The van der Waals surface area contributed by atoms with Crippen LogP contribution in [0.3, 0.4) is 0 Å². The topological polar surface area (TPSA) is 104 Å². The molecule has 0 atom stereocenters. The number of hydrogen-bond acceptors (Lipinski definition) is 6. The molecular weight excluding hydrogens is 370 g/mol. The lowest BCUT2D eigenvalue weighted by Crippen LogP contribution is -2.15. The fourth-order valence-corrected chi connectivity index (χ4v) is 2.94. The quantitative estimate of drug-likeness (QED) is 0.594. The van der Waals surface area contributed by atoms with Crippen LogP contribution in [0.15, 0.2) is 42.5 Å². The second-order valence-corrected chi connectivity index (χ2v) is 6.72. The van der Waals surface area contributed by atoms with Crippen LogP contribution in [0.4, 0.5) is 11.4 Å². The van der Waals surface area contributed by atoms with Crippen molar-refractivity contribution < 1.29 is 14.3 Å². The normalized spacial score (nSPS) is 10.8. The number of anilines is 2. The van der Waals surface area contributed by atoms with E-state index in [4.69, 9.17) is 15.2 Å². The fraction of sp³-hybridized carbons (Fsp3) is 0.286. The summed E-state index contributed by atoms with van der Waals surface area (Å²) >= 11 is 0. The van der Waals surface area contributed by atoms with E-state index >= 15 is 0 Å². The summed E-state index contributed by atoms with van der Waals surface area (Å²) in [6.45, 7) is 5.90. The molecule has 2 aromatic carbocycles. The van der Waals surface area contributed by atoms with Crippen molar-refractivity contribution in [1.82, 2.24) is 15.0 Å². The number of benzene rings is 2. The number of nitrogen functional groups attached to an aromatic ring is 1. The molecule has 3 rings (SSSR count). The summed E-state index contributed by atoms with van der Waals surface area (Å²) in [6.07, 6.45) is 0.686. The molecule has 152 valence electrons. The molecule has 0 saturated carbocycles. The number of methoxy groups -OCH3 is 1. The molecule has 1 aromatic heterocycles. The van der Waals surface area contributed by atoms with E-state index < -0.39 is 0 Å². The Morgan fingerprint density at radius 3 is 2.52 bits per heavy atom. The molecule has 0 aliphatic rings. The van der Waals surface area contributed by atoms with E-state index in [2.05, 4.69) is 15.6 Å². The molecular formula is C21H25N5O3. The van der Waals surface area contributed by atoms with Gasteiger partial charge >= 0.3 is 0 Å².